The minimum atomic E-state index is -0.643. The molecule has 99 heavy (non-hydrogen) atoms. The molecule has 0 unspecified atom stereocenters. The number of thioether (sulfide) groups is 2. The molecule has 0 bridgehead atoms. The Morgan fingerprint density at radius 1 is 0.384 bits per heavy atom. The molecule has 0 heterocycles. The highest BCUT2D eigenvalue weighted by Crippen LogP contribution is 2.23. The minimum absolute atomic E-state index is 0.0297. The Labute approximate surface area is 619 Å². The molecule has 0 aliphatic rings. The number of halogens is 2. The number of carbonyl (C=O) groups excluding carboxylic acids is 11. The van der Waals surface area contributed by atoms with Crippen LogP contribution in [0.1, 0.15) is 55.3 Å². The number of alkyl halides is 2. The van der Waals surface area contributed by atoms with Crippen molar-refractivity contribution in [2.75, 3.05) is 238 Å². The predicted octanol–water partition coefficient (Wildman–Crippen LogP) is 4.87. The van der Waals surface area contributed by atoms with E-state index in [2.05, 4.69) is 55.2 Å². The highest BCUT2D eigenvalue weighted by Gasteiger charge is 2.16. The average molecular weight is 1690 g/mol. The third-order valence-corrected chi connectivity index (χ3v) is 14.1. The van der Waals surface area contributed by atoms with E-state index in [4.69, 9.17) is 61.6 Å². The minimum Gasteiger partial charge on any atom is -0.447 e. The van der Waals surface area contributed by atoms with Gasteiger partial charge >= 0.3 is 12.2 Å². The maximum Gasteiger partial charge on any atom is 0.407 e. The van der Waals surface area contributed by atoms with Crippen LogP contribution in [0.5, 0.6) is 0 Å². The van der Waals surface area contributed by atoms with Gasteiger partial charge in [0, 0.05) is 90.5 Å². The summed E-state index contributed by atoms with van der Waals surface area (Å²) in [6, 6.07) is 9.09. The van der Waals surface area contributed by atoms with Crippen LogP contribution in [0, 0.1) is 0 Å². The predicted molar refractivity (Wildman–Crippen MR) is 395 cm³/mol. The van der Waals surface area contributed by atoms with Crippen molar-refractivity contribution >= 4 is 168 Å². The molecule has 2 aromatic carbocycles. The number of benzene rings is 2. The number of amides is 8. The van der Waals surface area contributed by atoms with Crippen LogP contribution in [0.4, 0.5) is 37.1 Å². The molecule has 0 radical (unpaired) electrons. The molecular weight excluding hydrogens is 1590 g/mol. The summed E-state index contributed by atoms with van der Waals surface area (Å²) in [5.74, 6) is -0.0198. The molecule has 0 saturated carbocycles. The van der Waals surface area contributed by atoms with Crippen molar-refractivity contribution in [3.05, 3.63) is 47.5 Å². The van der Waals surface area contributed by atoms with Crippen LogP contribution in [0.15, 0.2) is 36.4 Å². The van der Waals surface area contributed by atoms with Gasteiger partial charge in [-0.05, 0) is 71.0 Å². The molecule has 2 rings (SSSR count). The molecule has 8 amide bonds. The van der Waals surface area contributed by atoms with Gasteiger partial charge in [-0.2, -0.15) is 12.6 Å². The molecule has 0 aliphatic carbocycles. The fourth-order valence-electron chi connectivity index (χ4n) is 6.72. The van der Waals surface area contributed by atoms with Crippen molar-refractivity contribution in [2.45, 2.75) is 34.6 Å². The van der Waals surface area contributed by atoms with Crippen LogP contribution in [0.2, 0.25) is 0 Å². The third kappa shape index (κ3) is 60.2. The Balaban J connectivity index is 0.00000180. The molecular formula is C62H98I2N8O24S3. The van der Waals surface area contributed by atoms with Gasteiger partial charge in [0.15, 0.2) is 17.3 Å². The first-order valence-corrected chi connectivity index (χ1v) is 37.2. The lowest BCUT2D eigenvalue weighted by Crippen LogP contribution is -2.35. The lowest BCUT2D eigenvalue weighted by molar-refractivity contribution is -0.122. The molecule has 2 aromatic rings. The van der Waals surface area contributed by atoms with Gasteiger partial charge in [-0.1, -0.05) is 56.9 Å². The van der Waals surface area contributed by atoms with Crippen molar-refractivity contribution in [1.29, 1.82) is 0 Å². The highest BCUT2D eigenvalue weighted by molar-refractivity contribution is 14.1. The summed E-state index contributed by atoms with van der Waals surface area (Å²) in [4.78, 5) is 130. The van der Waals surface area contributed by atoms with Gasteiger partial charge in [-0.15, -0.1) is 11.8 Å². The van der Waals surface area contributed by atoms with Crippen molar-refractivity contribution in [2.24, 2.45) is 0 Å². The summed E-state index contributed by atoms with van der Waals surface area (Å²) >= 11 is 10.2. The Morgan fingerprint density at radius 3 is 1.07 bits per heavy atom. The number of nitrogens with one attached hydrogen (secondary N) is 8. The summed E-state index contributed by atoms with van der Waals surface area (Å²) < 4.78 is 67.8. The molecule has 0 aromatic heterocycles. The largest absolute Gasteiger partial charge is 0.447 e. The molecule has 8 N–H and O–H groups in total. The zero-order chi connectivity index (χ0) is 73.4. The molecule has 0 aliphatic heterocycles. The summed E-state index contributed by atoms with van der Waals surface area (Å²) in [6.07, 6.45) is -1.24. The second-order valence-electron chi connectivity index (χ2n) is 19.5. The van der Waals surface area contributed by atoms with E-state index in [1.807, 2.05) is 59.0 Å². The van der Waals surface area contributed by atoms with Crippen LogP contribution < -0.4 is 42.5 Å². The van der Waals surface area contributed by atoms with Crippen molar-refractivity contribution < 1.29 is 114 Å². The number of Topliss-reactive ketones (excluding diaryl/α,β-unsaturated/α-hetero) is 3. The van der Waals surface area contributed by atoms with E-state index in [-0.39, 0.29) is 139 Å². The Kier molecular flexibility index (Phi) is 62.7. The standard InChI is InChI=1S/C35H56N4O14S2.C18H24I2N4O6.C9H18O4S/c1-4-46-15-16-53-34(44)37-6-5-36-33(43)29-21-30(38-32(42)26-54-19-17-49-9-7-47-11-13-51-24-27(2)40)23-31(22-29)39-35(45)55-20-18-50-10-8-48-12-14-52-25-28(3)41;1-2-29-5-6-30-18(28)22-4-3-21-17(27)12-7-13(23-15(25)10-19)9-14(8-12)24-16(26)11-20;1-9(10)8-13-5-4-11-2-3-12-6-7-14/h21-23H,4-20,24-26H2,1-3H3,(H,36,43)(H,37,44)(H,38,42)(H,39,45);7-9H,2-6,10-11H2,1H3,(H,21,27)(H,22,28)(H,23,25)(H,24,26);14H,2-8H2,1H3. The van der Waals surface area contributed by atoms with Gasteiger partial charge in [0.05, 0.1) is 127 Å². The van der Waals surface area contributed by atoms with E-state index < -0.39 is 29.2 Å². The van der Waals surface area contributed by atoms with Gasteiger partial charge in [0.1, 0.15) is 33.0 Å². The van der Waals surface area contributed by atoms with Crippen LogP contribution in [-0.4, -0.2) is 281 Å². The van der Waals surface area contributed by atoms with E-state index >= 15 is 0 Å². The molecule has 0 saturated heterocycles. The van der Waals surface area contributed by atoms with Gasteiger partial charge in [0.25, 0.3) is 17.1 Å². The topological polar surface area (TPSA) is 404 Å². The van der Waals surface area contributed by atoms with Gasteiger partial charge in [-0.3, -0.25) is 43.2 Å². The molecule has 32 nitrogen and oxygen atoms in total. The first-order valence-electron chi connectivity index (χ1n) is 31.4. The van der Waals surface area contributed by atoms with Crippen molar-refractivity contribution in [3.8, 4) is 0 Å². The molecule has 37 heteroatoms. The number of carbonyl (C=O) groups is 11. The fraction of sp³-hybridized carbons (Fsp3) is 0.629. The number of hydrogen-bond acceptors (Lipinski definition) is 27. The first-order chi connectivity index (χ1) is 47.8. The van der Waals surface area contributed by atoms with Gasteiger partial charge in [-0.25, -0.2) is 9.59 Å². The van der Waals surface area contributed by atoms with E-state index in [1.165, 1.54) is 56.8 Å². The molecule has 0 fully saturated rings. The lowest BCUT2D eigenvalue weighted by Gasteiger charge is -2.13. The SMILES string of the molecule is CC(=O)COCCOCCOCCS.CCOCCOC(=O)NCCNC(=O)c1cc(NC(=O)CI)cc(NC(=O)CI)c1.CCOCCOC(=O)NCCNC(=O)c1cc(NC(=O)CSCCOCCOCCOCC(C)=O)cc(NC(=O)SCCOCCOCCOCC(C)=O)c1. The van der Waals surface area contributed by atoms with Crippen molar-refractivity contribution in [3.63, 3.8) is 0 Å². The molecule has 0 spiro atoms. The molecule has 0 atom stereocenters. The van der Waals surface area contributed by atoms with Gasteiger partial charge < -0.3 is 104 Å². The molecule has 562 valence electrons. The lowest BCUT2D eigenvalue weighted by atomic mass is 10.1. The quantitative estimate of drug-likeness (QED) is 0.0184. The monoisotopic (exact) mass is 1690 g/mol. The Morgan fingerprint density at radius 2 is 0.707 bits per heavy atom. The van der Waals surface area contributed by atoms with E-state index in [1.54, 1.807) is 12.1 Å². The maximum absolute atomic E-state index is 13.0. The maximum atomic E-state index is 13.0. The summed E-state index contributed by atoms with van der Waals surface area (Å²) in [6.45, 7) is 16.9. The van der Waals surface area contributed by atoms with E-state index in [0.29, 0.717) is 141 Å². The second kappa shape index (κ2) is 66.1. The number of anilines is 4. The summed E-state index contributed by atoms with van der Waals surface area (Å²) in [5, 5.41) is 20.8. The summed E-state index contributed by atoms with van der Waals surface area (Å²) in [7, 11) is 0. The number of rotatable bonds is 56. The van der Waals surface area contributed by atoms with Gasteiger partial charge in [0.2, 0.25) is 17.7 Å². The number of ether oxygens (including phenoxy) is 13. The van der Waals surface area contributed by atoms with Crippen molar-refractivity contribution in [1.82, 2.24) is 21.3 Å². The Hall–Kier alpha value is -5.12. The van der Waals surface area contributed by atoms with Crippen LogP contribution in [-0.2, 0) is 90.3 Å². The zero-order valence-electron chi connectivity index (χ0n) is 56.8. The number of hydrogen-bond donors (Lipinski definition) is 9. The van der Waals surface area contributed by atoms with E-state index in [9.17, 15) is 52.7 Å². The highest BCUT2D eigenvalue weighted by atomic mass is 127. The number of ketones is 3. The third-order valence-electron chi connectivity index (χ3n) is 10.9. The smallest absolute Gasteiger partial charge is 0.407 e. The van der Waals surface area contributed by atoms with Crippen LogP contribution in [0.25, 0.3) is 0 Å². The zero-order valence-corrected chi connectivity index (χ0v) is 63.7. The second-order valence-corrected chi connectivity index (χ2v) is 23.7. The summed E-state index contributed by atoms with van der Waals surface area (Å²) in [5.41, 5.74) is 1.79. The van der Waals surface area contributed by atoms with E-state index in [0.717, 1.165) is 17.5 Å². The Bertz CT molecular complexity index is 2590. The fourth-order valence-corrected chi connectivity index (χ4v) is 8.44. The number of thiol groups is 1. The van der Waals surface area contributed by atoms with Crippen LogP contribution in [0.3, 0.4) is 0 Å². The first kappa shape index (κ1) is 93.9. The normalized spacial score (nSPS) is 10.5. The van der Waals surface area contributed by atoms with Crippen LogP contribution >= 0.6 is 81.3 Å². The average Bonchev–Trinajstić information content (AvgIpc) is 0.862. The number of alkyl carbamates (subject to hydrolysis) is 2.